The van der Waals surface area contributed by atoms with Crippen molar-refractivity contribution in [2.24, 2.45) is 4.99 Å². The highest BCUT2D eigenvalue weighted by atomic mass is 19.1. The maximum Gasteiger partial charge on any atom is 0.233 e. The van der Waals surface area contributed by atoms with E-state index in [1.165, 1.54) is 11.0 Å². The molecule has 35 heavy (non-hydrogen) atoms. The van der Waals surface area contributed by atoms with Crippen LogP contribution in [-0.2, 0) is 14.3 Å². The van der Waals surface area contributed by atoms with Gasteiger partial charge in [0.05, 0.1) is 17.9 Å². The highest BCUT2D eigenvalue weighted by Crippen LogP contribution is 2.33. The van der Waals surface area contributed by atoms with Crippen molar-refractivity contribution in [3.63, 3.8) is 0 Å². The number of aliphatic imine (C=N–C) groups is 1. The van der Waals surface area contributed by atoms with Crippen LogP contribution in [0.4, 0.5) is 21.5 Å². The molecule has 0 aromatic heterocycles. The molecule has 0 radical (unpaired) electrons. The Morgan fingerprint density at radius 1 is 1.14 bits per heavy atom. The number of carbonyl (C=O) groups excluding carboxylic acids is 2. The summed E-state index contributed by atoms with van der Waals surface area (Å²) >= 11 is 0. The lowest BCUT2D eigenvalue weighted by Crippen LogP contribution is -2.35. The van der Waals surface area contributed by atoms with E-state index >= 15 is 0 Å². The Morgan fingerprint density at radius 3 is 2.34 bits per heavy atom. The summed E-state index contributed by atoms with van der Waals surface area (Å²) < 4.78 is 25.4. The third kappa shape index (κ3) is 8.22. The van der Waals surface area contributed by atoms with Gasteiger partial charge in [0.25, 0.3) is 0 Å². The Kier molecular flexibility index (Phi) is 10.4. The molecule has 9 heteroatoms. The lowest BCUT2D eigenvalue weighted by atomic mass is 10.1. The maximum atomic E-state index is 15.0. The lowest BCUT2D eigenvalue weighted by molar-refractivity contribution is -0.134. The Morgan fingerprint density at radius 2 is 1.77 bits per heavy atom. The summed E-state index contributed by atoms with van der Waals surface area (Å²) in [5.74, 6) is -0.841. The molecule has 8 nitrogen and oxygen atoms in total. The Balaban J connectivity index is 2.08. The summed E-state index contributed by atoms with van der Waals surface area (Å²) in [5, 5.41) is 5.77. The van der Waals surface area contributed by atoms with Crippen molar-refractivity contribution in [3.05, 3.63) is 54.4 Å². The average Bonchev–Trinajstić information content (AvgIpc) is 2.79. The van der Waals surface area contributed by atoms with Crippen LogP contribution >= 0.6 is 0 Å². The summed E-state index contributed by atoms with van der Waals surface area (Å²) in [5.41, 5.74) is 2.07. The number of methoxy groups -OCH3 is 1. The molecule has 0 saturated heterocycles. The van der Waals surface area contributed by atoms with Crippen molar-refractivity contribution < 1.29 is 23.5 Å². The number of hydrogen-bond donors (Lipinski definition) is 2. The van der Waals surface area contributed by atoms with Gasteiger partial charge in [0.15, 0.2) is 0 Å². The molecule has 0 saturated carbocycles. The Labute approximate surface area is 205 Å². The molecule has 0 heterocycles. The molecule has 0 fully saturated rings. The normalized spacial score (nSPS) is 10.9. The van der Waals surface area contributed by atoms with Crippen molar-refractivity contribution in [1.82, 2.24) is 4.90 Å². The average molecular weight is 485 g/mol. The molecular formula is C26H33FN4O4. The minimum absolute atomic E-state index is 0.0153. The van der Waals surface area contributed by atoms with Gasteiger partial charge < -0.3 is 25.0 Å². The number of hydrogen-bond acceptors (Lipinski definition) is 6. The first-order valence-electron chi connectivity index (χ1n) is 11.2. The van der Waals surface area contributed by atoms with Crippen LogP contribution in [0.5, 0.6) is 5.75 Å². The molecule has 2 aromatic rings. The van der Waals surface area contributed by atoms with Crippen molar-refractivity contribution in [2.75, 3.05) is 38.0 Å². The molecule has 2 N–H and O–H groups in total. The predicted molar refractivity (Wildman–Crippen MR) is 138 cm³/mol. The summed E-state index contributed by atoms with van der Waals surface area (Å²) in [6, 6.07) is 9.72. The fourth-order valence-corrected chi connectivity index (χ4v) is 3.06. The molecule has 2 amide bonds. The number of amides is 2. The number of ether oxygens (including phenoxy) is 2. The van der Waals surface area contributed by atoms with E-state index in [1.807, 2.05) is 13.8 Å². The largest absolute Gasteiger partial charge is 0.491 e. The van der Waals surface area contributed by atoms with Crippen LogP contribution < -0.4 is 15.4 Å². The van der Waals surface area contributed by atoms with Crippen LogP contribution in [-0.4, -0.2) is 56.3 Å². The monoisotopic (exact) mass is 484 g/mol. The molecule has 2 aromatic carbocycles. The van der Waals surface area contributed by atoms with E-state index in [1.54, 1.807) is 57.6 Å². The molecule has 0 atom stereocenters. The van der Waals surface area contributed by atoms with Crippen LogP contribution in [0.15, 0.2) is 48.0 Å². The van der Waals surface area contributed by atoms with E-state index in [2.05, 4.69) is 22.2 Å². The van der Waals surface area contributed by atoms with Gasteiger partial charge >= 0.3 is 0 Å². The molecule has 0 aliphatic carbocycles. The van der Waals surface area contributed by atoms with Gasteiger partial charge in [0, 0.05) is 55.6 Å². The van der Waals surface area contributed by atoms with Crippen molar-refractivity contribution in [2.45, 2.75) is 33.2 Å². The fraction of sp³-hybridized carbons (Fsp3) is 0.346. The van der Waals surface area contributed by atoms with Crippen LogP contribution in [0.1, 0.15) is 32.8 Å². The summed E-state index contributed by atoms with van der Waals surface area (Å²) in [6.45, 7) is 10.1. The summed E-state index contributed by atoms with van der Waals surface area (Å²) in [6.07, 6.45) is 1.32. The number of anilines is 2. The number of halogens is 1. The fourth-order valence-electron chi connectivity index (χ4n) is 3.06. The SMILES string of the molecule is C=C(Nc1ccc(NC(=O)CC(=O)N(C)C(C)C)cc1)c1c(F)cc(OCCOC)cc1N=CC. The highest BCUT2D eigenvalue weighted by molar-refractivity contribution is 6.03. The smallest absolute Gasteiger partial charge is 0.233 e. The first-order valence-corrected chi connectivity index (χ1v) is 11.2. The predicted octanol–water partition coefficient (Wildman–Crippen LogP) is 4.85. The molecule has 0 aliphatic rings. The molecule has 0 unspecified atom stereocenters. The van der Waals surface area contributed by atoms with E-state index in [0.717, 1.165) is 0 Å². The van der Waals surface area contributed by atoms with Gasteiger partial charge in [-0.2, -0.15) is 0 Å². The maximum absolute atomic E-state index is 15.0. The minimum Gasteiger partial charge on any atom is -0.491 e. The van der Waals surface area contributed by atoms with Gasteiger partial charge in [-0.05, 0) is 45.0 Å². The van der Waals surface area contributed by atoms with Crippen molar-refractivity contribution >= 4 is 40.8 Å². The second kappa shape index (κ2) is 13.2. The van der Waals surface area contributed by atoms with E-state index in [9.17, 15) is 14.0 Å². The molecule has 0 bridgehead atoms. The first kappa shape index (κ1) is 27.5. The van der Waals surface area contributed by atoms with Crippen LogP contribution in [0, 0.1) is 5.82 Å². The molecule has 0 aliphatic heterocycles. The molecular weight excluding hydrogens is 451 g/mol. The van der Waals surface area contributed by atoms with E-state index in [-0.39, 0.29) is 30.5 Å². The van der Waals surface area contributed by atoms with E-state index < -0.39 is 11.7 Å². The zero-order valence-electron chi connectivity index (χ0n) is 20.9. The van der Waals surface area contributed by atoms with Gasteiger partial charge in [-0.15, -0.1) is 0 Å². The summed E-state index contributed by atoms with van der Waals surface area (Å²) in [7, 11) is 3.22. The number of carbonyl (C=O) groups is 2. The topological polar surface area (TPSA) is 92.3 Å². The van der Waals surface area contributed by atoms with Crippen molar-refractivity contribution in [1.29, 1.82) is 0 Å². The molecule has 188 valence electrons. The van der Waals surface area contributed by atoms with Gasteiger partial charge in [0.2, 0.25) is 11.8 Å². The zero-order chi connectivity index (χ0) is 26.0. The quantitative estimate of drug-likeness (QED) is 0.255. The number of nitrogens with zero attached hydrogens (tertiary/aromatic N) is 2. The molecule has 0 spiro atoms. The zero-order valence-corrected chi connectivity index (χ0v) is 20.9. The third-order valence-electron chi connectivity index (χ3n) is 5.11. The lowest BCUT2D eigenvalue weighted by Gasteiger charge is -2.21. The van der Waals surface area contributed by atoms with Crippen molar-refractivity contribution in [3.8, 4) is 5.75 Å². The van der Waals surface area contributed by atoms with Crippen LogP contribution in [0.25, 0.3) is 5.70 Å². The van der Waals surface area contributed by atoms with Gasteiger partial charge in [-0.3, -0.25) is 14.6 Å². The Bertz CT molecular complexity index is 1070. The third-order valence-corrected chi connectivity index (χ3v) is 5.11. The summed E-state index contributed by atoms with van der Waals surface area (Å²) in [4.78, 5) is 30.0. The standard InChI is InChI=1S/C26H33FN4O4/c1-7-28-23-15-21(35-13-12-34-6)14-22(27)26(23)18(4)29-19-8-10-20(11-9-19)30-24(32)16-25(33)31(5)17(2)3/h7-11,14-15,17,29H,4,12-13,16H2,1-3,5-6H3,(H,30,32). The van der Waals surface area contributed by atoms with Gasteiger partial charge in [0.1, 0.15) is 24.6 Å². The first-order chi connectivity index (χ1) is 16.7. The van der Waals surface area contributed by atoms with E-state index in [4.69, 9.17) is 9.47 Å². The van der Waals surface area contributed by atoms with E-state index in [0.29, 0.717) is 35.1 Å². The second-order valence-corrected chi connectivity index (χ2v) is 8.03. The van der Waals surface area contributed by atoms with Crippen LogP contribution in [0.3, 0.4) is 0 Å². The molecule has 2 rings (SSSR count). The van der Waals surface area contributed by atoms with Gasteiger partial charge in [-0.1, -0.05) is 6.58 Å². The van der Waals surface area contributed by atoms with Gasteiger partial charge in [-0.25, -0.2) is 4.39 Å². The number of rotatable bonds is 12. The van der Waals surface area contributed by atoms with Crippen LogP contribution in [0.2, 0.25) is 0 Å². The number of benzene rings is 2. The minimum atomic E-state index is -0.530. The highest BCUT2D eigenvalue weighted by Gasteiger charge is 2.17. The Hall–Kier alpha value is -3.72. The second-order valence-electron chi connectivity index (χ2n) is 8.03. The number of nitrogens with one attached hydrogen (secondary N) is 2.